The van der Waals surface area contributed by atoms with Crippen LogP contribution in [-0.2, 0) is 6.54 Å². The lowest BCUT2D eigenvalue weighted by atomic mass is 10.1. The van der Waals surface area contributed by atoms with E-state index in [4.69, 9.17) is 5.11 Å². The Kier molecular flexibility index (Phi) is 6.49. The number of aliphatic hydroxyl groups is 1. The molecule has 0 heterocycles. The van der Waals surface area contributed by atoms with E-state index in [2.05, 4.69) is 49.6 Å². The van der Waals surface area contributed by atoms with Gasteiger partial charge >= 0.3 is 0 Å². The normalized spacial score (nSPS) is 10.6. The molecule has 1 aromatic carbocycles. The van der Waals surface area contributed by atoms with E-state index in [1.807, 2.05) is 12.1 Å². The molecule has 2 heteroatoms. The summed E-state index contributed by atoms with van der Waals surface area (Å²) in [5.41, 5.74) is 2.27. The fourth-order valence-corrected chi connectivity index (χ4v) is 1.92. The summed E-state index contributed by atoms with van der Waals surface area (Å²) in [6, 6.07) is 8.26. The Hall–Kier alpha value is -1.30. The summed E-state index contributed by atoms with van der Waals surface area (Å²) in [4.78, 5) is 2.44. The summed E-state index contributed by atoms with van der Waals surface area (Å²) in [7, 11) is 0. The second-order valence-electron chi connectivity index (χ2n) is 4.88. The molecule has 98 valence electrons. The van der Waals surface area contributed by atoms with E-state index < -0.39 is 0 Å². The quantitative estimate of drug-likeness (QED) is 0.806. The Morgan fingerprint density at radius 1 is 1.22 bits per heavy atom. The van der Waals surface area contributed by atoms with E-state index in [0.717, 1.165) is 25.2 Å². The fourth-order valence-electron chi connectivity index (χ4n) is 1.92. The van der Waals surface area contributed by atoms with Crippen molar-refractivity contribution in [3.8, 4) is 11.8 Å². The standard InChI is InChI=1S/C16H23NO/c1-4-17(12-14(2)3)13-16-9-7-15(8-10-16)6-5-11-18/h7-10,14,18H,4,11-13H2,1-3H3. The summed E-state index contributed by atoms with van der Waals surface area (Å²) in [5.74, 6) is 6.26. The maximum absolute atomic E-state index is 8.64. The van der Waals surface area contributed by atoms with Gasteiger partial charge in [-0.05, 0) is 30.2 Å². The predicted molar refractivity (Wildman–Crippen MR) is 76.2 cm³/mol. The smallest absolute Gasteiger partial charge is 0.104 e. The molecule has 2 nitrogen and oxygen atoms in total. The highest BCUT2D eigenvalue weighted by Gasteiger charge is 2.05. The number of hydrogen-bond acceptors (Lipinski definition) is 2. The van der Waals surface area contributed by atoms with Crippen molar-refractivity contribution >= 4 is 0 Å². The zero-order chi connectivity index (χ0) is 13.4. The van der Waals surface area contributed by atoms with E-state index in [0.29, 0.717) is 5.92 Å². The number of benzene rings is 1. The maximum atomic E-state index is 8.64. The first-order valence-electron chi connectivity index (χ1n) is 6.56. The highest BCUT2D eigenvalue weighted by Crippen LogP contribution is 2.08. The zero-order valence-corrected chi connectivity index (χ0v) is 11.6. The minimum absolute atomic E-state index is 0.0836. The molecule has 0 aliphatic carbocycles. The average molecular weight is 245 g/mol. The third kappa shape index (κ3) is 5.35. The molecule has 0 bridgehead atoms. The van der Waals surface area contributed by atoms with Gasteiger partial charge in [-0.15, -0.1) is 0 Å². The Balaban J connectivity index is 2.61. The molecule has 18 heavy (non-hydrogen) atoms. The molecule has 0 amide bonds. The number of hydrogen-bond donors (Lipinski definition) is 1. The molecule has 1 aromatic rings. The molecule has 0 spiro atoms. The fraction of sp³-hybridized carbons (Fsp3) is 0.500. The lowest BCUT2D eigenvalue weighted by Crippen LogP contribution is -2.26. The van der Waals surface area contributed by atoms with Gasteiger partial charge in [0.1, 0.15) is 6.61 Å². The lowest BCUT2D eigenvalue weighted by molar-refractivity contribution is 0.248. The van der Waals surface area contributed by atoms with Crippen molar-refractivity contribution in [2.75, 3.05) is 19.7 Å². The molecule has 0 aliphatic rings. The van der Waals surface area contributed by atoms with Crippen LogP contribution in [0.15, 0.2) is 24.3 Å². The van der Waals surface area contributed by atoms with Crippen LogP contribution in [-0.4, -0.2) is 29.7 Å². The SMILES string of the molecule is CCN(Cc1ccc(C#CCO)cc1)CC(C)C. The van der Waals surface area contributed by atoms with Gasteiger partial charge in [-0.1, -0.05) is 44.7 Å². The van der Waals surface area contributed by atoms with Crippen LogP contribution >= 0.6 is 0 Å². The second-order valence-corrected chi connectivity index (χ2v) is 4.88. The lowest BCUT2D eigenvalue weighted by Gasteiger charge is -2.22. The van der Waals surface area contributed by atoms with Gasteiger partial charge in [-0.2, -0.15) is 0 Å². The molecule has 0 fully saturated rings. The molecular weight excluding hydrogens is 222 g/mol. The van der Waals surface area contributed by atoms with Gasteiger partial charge in [0.25, 0.3) is 0 Å². The summed E-state index contributed by atoms with van der Waals surface area (Å²) < 4.78 is 0. The van der Waals surface area contributed by atoms with Crippen LogP contribution in [0.5, 0.6) is 0 Å². The van der Waals surface area contributed by atoms with Crippen molar-refractivity contribution in [2.24, 2.45) is 5.92 Å². The summed E-state index contributed by atoms with van der Waals surface area (Å²) in [6.45, 7) is 9.80. The van der Waals surface area contributed by atoms with Crippen molar-refractivity contribution in [2.45, 2.75) is 27.3 Å². The molecule has 1 N–H and O–H groups in total. The van der Waals surface area contributed by atoms with Crippen molar-refractivity contribution in [3.63, 3.8) is 0 Å². The summed E-state index contributed by atoms with van der Waals surface area (Å²) in [5, 5.41) is 8.64. The monoisotopic (exact) mass is 245 g/mol. The van der Waals surface area contributed by atoms with Crippen LogP contribution in [0.1, 0.15) is 31.9 Å². The Morgan fingerprint density at radius 3 is 2.39 bits per heavy atom. The van der Waals surface area contributed by atoms with Crippen molar-refractivity contribution in [1.29, 1.82) is 0 Å². The largest absolute Gasteiger partial charge is 0.384 e. The zero-order valence-electron chi connectivity index (χ0n) is 11.6. The molecule has 0 saturated carbocycles. The van der Waals surface area contributed by atoms with Crippen molar-refractivity contribution in [3.05, 3.63) is 35.4 Å². The van der Waals surface area contributed by atoms with Crippen molar-refractivity contribution < 1.29 is 5.11 Å². The van der Waals surface area contributed by atoms with Crippen LogP contribution in [0.2, 0.25) is 0 Å². The van der Waals surface area contributed by atoms with Gasteiger partial charge in [0.15, 0.2) is 0 Å². The second kappa shape index (κ2) is 7.92. The molecule has 1 rings (SSSR count). The Morgan fingerprint density at radius 2 is 1.89 bits per heavy atom. The highest BCUT2D eigenvalue weighted by atomic mass is 16.2. The Labute approximate surface area is 111 Å². The minimum Gasteiger partial charge on any atom is -0.384 e. The van der Waals surface area contributed by atoms with Crippen LogP contribution in [0.25, 0.3) is 0 Å². The molecule has 0 aliphatic heterocycles. The maximum Gasteiger partial charge on any atom is 0.104 e. The number of nitrogens with zero attached hydrogens (tertiary/aromatic N) is 1. The van der Waals surface area contributed by atoms with E-state index >= 15 is 0 Å². The molecule has 0 aromatic heterocycles. The van der Waals surface area contributed by atoms with Gasteiger partial charge in [0, 0.05) is 18.7 Å². The Bertz CT molecular complexity index is 397. The van der Waals surface area contributed by atoms with Gasteiger partial charge in [0.05, 0.1) is 0 Å². The third-order valence-electron chi connectivity index (χ3n) is 2.74. The van der Waals surface area contributed by atoms with Crippen molar-refractivity contribution in [1.82, 2.24) is 4.90 Å². The highest BCUT2D eigenvalue weighted by molar-refractivity contribution is 5.36. The minimum atomic E-state index is -0.0836. The topological polar surface area (TPSA) is 23.5 Å². The van der Waals surface area contributed by atoms with Gasteiger partial charge < -0.3 is 5.11 Å². The first-order valence-corrected chi connectivity index (χ1v) is 6.56. The molecular formula is C16H23NO. The third-order valence-corrected chi connectivity index (χ3v) is 2.74. The molecule has 0 saturated heterocycles. The number of aliphatic hydroxyl groups excluding tert-OH is 1. The van der Waals surface area contributed by atoms with Crippen LogP contribution in [0.3, 0.4) is 0 Å². The van der Waals surface area contributed by atoms with Gasteiger partial charge in [0.2, 0.25) is 0 Å². The van der Waals surface area contributed by atoms with Crippen LogP contribution < -0.4 is 0 Å². The van der Waals surface area contributed by atoms with Crippen LogP contribution in [0.4, 0.5) is 0 Å². The van der Waals surface area contributed by atoms with Gasteiger partial charge in [-0.25, -0.2) is 0 Å². The number of rotatable bonds is 5. The van der Waals surface area contributed by atoms with Gasteiger partial charge in [-0.3, -0.25) is 4.90 Å². The summed E-state index contributed by atoms with van der Waals surface area (Å²) >= 11 is 0. The predicted octanol–water partition coefficient (Wildman–Crippen LogP) is 2.51. The van der Waals surface area contributed by atoms with E-state index in [-0.39, 0.29) is 6.61 Å². The summed E-state index contributed by atoms with van der Waals surface area (Å²) in [6.07, 6.45) is 0. The first-order chi connectivity index (χ1) is 8.65. The first kappa shape index (κ1) is 14.8. The van der Waals surface area contributed by atoms with E-state index in [1.165, 1.54) is 5.56 Å². The average Bonchev–Trinajstić information content (AvgIpc) is 2.36. The molecule has 0 atom stereocenters. The van der Waals surface area contributed by atoms with E-state index in [9.17, 15) is 0 Å². The molecule has 0 unspecified atom stereocenters. The van der Waals surface area contributed by atoms with Crippen LogP contribution in [0, 0.1) is 17.8 Å². The van der Waals surface area contributed by atoms with E-state index in [1.54, 1.807) is 0 Å². The molecule has 0 radical (unpaired) electrons.